The molecule has 6 rings (SSSR count). The van der Waals surface area contributed by atoms with Gasteiger partial charge in [0.1, 0.15) is 0 Å². The Labute approximate surface area is 232 Å². The number of nitrogens with zero attached hydrogens (tertiary/aromatic N) is 8. The molecule has 0 atom stereocenters. The van der Waals surface area contributed by atoms with E-state index in [2.05, 4.69) is 19.8 Å². The van der Waals surface area contributed by atoms with Crippen molar-refractivity contribution >= 4 is 28.8 Å². The second kappa shape index (κ2) is 11.5. The van der Waals surface area contributed by atoms with Crippen LogP contribution in [-0.2, 0) is 9.47 Å². The van der Waals surface area contributed by atoms with Crippen LogP contribution in [0.4, 0.5) is 11.9 Å². The third kappa shape index (κ3) is 5.46. The van der Waals surface area contributed by atoms with Gasteiger partial charge in [-0.05, 0) is 30.3 Å². The minimum absolute atomic E-state index is 0.000242. The van der Waals surface area contributed by atoms with Crippen molar-refractivity contribution in [2.45, 2.75) is 0 Å². The first-order valence-corrected chi connectivity index (χ1v) is 13.5. The Bertz CT molecular complexity index is 1460. The highest BCUT2D eigenvalue weighted by Gasteiger charge is 2.21. The number of carbonyl (C=O) groups is 1. The monoisotopic (exact) mass is 543 g/mol. The lowest BCUT2D eigenvalue weighted by Crippen LogP contribution is -2.41. The van der Waals surface area contributed by atoms with E-state index in [1.54, 1.807) is 17.3 Å². The van der Waals surface area contributed by atoms with E-state index in [0.29, 0.717) is 44.4 Å². The number of anilines is 2. The van der Waals surface area contributed by atoms with Crippen molar-refractivity contribution in [2.24, 2.45) is 0 Å². The number of ether oxygens (including phenoxy) is 2. The number of nitrogens with two attached hydrogens (primary N) is 1. The molecule has 0 saturated carbocycles. The summed E-state index contributed by atoms with van der Waals surface area (Å²) in [5.41, 5.74) is 9.52. The van der Waals surface area contributed by atoms with Crippen LogP contribution in [0.5, 0.6) is 0 Å². The topological polar surface area (TPSA) is 128 Å². The fourth-order valence-corrected chi connectivity index (χ4v) is 5.00. The number of benzene rings is 1. The van der Waals surface area contributed by atoms with Gasteiger partial charge in [0, 0.05) is 87.1 Å². The van der Waals surface area contributed by atoms with E-state index < -0.39 is 0 Å². The Kier molecular flexibility index (Phi) is 7.53. The number of likely N-dealkylation sites (N-methyl/N-ethyl adjacent to an activating group) is 1. The van der Waals surface area contributed by atoms with Crippen LogP contribution in [0.1, 0.15) is 10.4 Å². The van der Waals surface area contributed by atoms with Gasteiger partial charge in [-0.2, -0.15) is 4.98 Å². The first-order chi connectivity index (χ1) is 19.6. The van der Waals surface area contributed by atoms with E-state index in [1.807, 2.05) is 48.1 Å². The molecule has 0 bridgehead atoms. The summed E-state index contributed by atoms with van der Waals surface area (Å²) >= 11 is 0. The molecule has 3 aromatic heterocycles. The van der Waals surface area contributed by atoms with Crippen molar-refractivity contribution in [3.8, 4) is 16.9 Å². The molecule has 2 fully saturated rings. The molecule has 2 aliphatic rings. The van der Waals surface area contributed by atoms with Gasteiger partial charge in [0.15, 0.2) is 5.65 Å². The standard InChI is InChI=1S/C28H33N9O3/c1-34(8-9-35-10-14-39-15-11-35)26(38)20-2-4-22(5-3-20)37-7-6-23-24(21-18-30-27(29)31-19-21)32-28(33-25(23)37)36-12-16-40-17-13-36/h2-7,18-19H,8-17H2,1H3,(H2,29,30,31). The van der Waals surface area contributed by atoms with Crippen molar-refractivity contribution in [3.05, 3.63) is 54.5 Å². The summed E-state index contributed by atoms with van der Waals surface area (Å²) < 4.78 is 13.0. The quantitative estimate of drug-likeness (QED) is 0.368. The number of hydrogen-bond donors (Lipinski definition) is 1. The van der Waals surface area contributed by atoms with Gasteiger partial charge in [-0.25, -0.2) is 15.0 Å². The lowest BCUT2D eigenvalue weighted by Gasteiger charge is -2.28. The fraction of sp³-hybridized carbons (Fsp3) is 0.393. The summed E-state index contributed by atoms with van der Waals surface area (Å²) in [6, 6.07) is 9.62. The maximum absolute atomic E-state index is 13.1. The summed E-state index contributed by atoms with van der Waals surface area (Å²) in [7, 11) is 1.85. The van der Waals surface area contributed by atoms with E-state index in [9.17, 15) is 4.79 Å². The van der Waals surface area contributed by atoms with E-state index >= 15 is 0 Å². The second-order valence-corrected chi connectivity index (χ2v) is 9.95. The number of nitrogen functional groups attached to an aromatic ring is 1. The van der Waals surface area contributed by atoms with Crippen LogP contribution in [0.25, 0.3) is 28.0 Å². The van der Waals surface area contributed by atoms with Crippen molar-refractivity contribution in [1.29, 1.82) is 0 Å². The number of amides is 1. The molecule has 0 radical (unpaired) electrons. The molecule has 0 unspecified atom stereocenters. The normalized spacial score (nSPS) is 16.4. The first kappa shape index (κ1) is 26.1. The zero-order valence-electron chi connectivity index (χ0n) is 22.6. The summed E-state index contributed by atoms with van der Waals surface area (Å²) in [4.78, 5) is 37.5. The van der Waals surface area contributed by atoms with E-state index in [4.69, 9.17) is 25.2 Å². The molecule has 0 spiro atoms. The number of carbonyl (C=O) groups excluding carboxylic acids is 1. The zero-order valence-corrected chi connectivity index (χ0v) is 22.6. The zero-order chi connectivity index (χ0) is 27.5. The predicted molar refractivity (Wildman–Crippen MR) is 152 cm³/mol. The molecule has 2 saturated heterocycles. The highest BCUT2D eigenvalue weighted by atomic mass is 16.5. The van der Waals surface area contributed by atoms with Crippen molar-refractivity contribution < 1.29 is 14.3 Å². The molecule has 1 amide bonds. The lowest BCUT2D eigenvalue weighted by atomic mass is 10.1. The van der Waals surface area contributed by atoms with E-state index in [-0.39, 0.29) is 11.9 Å². The van der Waals surface area contributed by atoms with Crippen molar-refractivity contribution in [2.75, 3.05) is 83.4 Å². The Morgan fingerprint density at radius 1 is 0.950 bits per heavy atom. The fourth-order valence-electron chi connectivity index (χ4n) is 5.00. The third-order valence-electron chi connectivity index (χ3n) is 7.37. The van der Waals surface area contributed by atoms with Crippen molar-refractivity contribution in [1.82, 2.24) is 34.3 Å². The Balaban J connectivity index is 1.28. The van der Waals surface area contributed by atoms with Gasteiger partial charge < -0.3 is 29.6 Å². The number of aromatic nitrogens is 5. The molecule has 208 valence electrons. The second-order valence-electron chi connectivity index (χ2n) is 9.95. The molecule has 2 N–H and O–H groups in total. The minimum Gasteiger partial charge on any atom is -0.379 e. The van der Waals surface area contributed by atoms with E-state index in [1.165, 1.54) is 0 Å². The van der Waals surface area contributed by atoms with Crippen LogP contribution in [0.15, 0.2) is 48.9 Å². The molecule has 1 aromatic carbocycles. The van der Waals surface area contributed by atoms with Gasteiger partial charge in [0.25, 0.3) is 5.91 Å². The van der Waals surface area contributed by atoms with Gasteiger partial charge >= 0.3 is 0 Å². The number of rotatable bonds is 7. The number of hydrogen-bond acceptors (Lipinski definition) is 10. The molecule has 5 heterocycles. The predicted octanol–water partition coefficient (Wildman–Crippen LogP) is 1.70. The lowest BCUT2D eigenvalue weighted by molar-refractivity contribution is 0.0338. The summed E-state index contributed by atoms with van der Waals surface area (Å²) in [5, 5.41) is 0.869. The first-order valence-electron chi connectivity index (χ1n) is 13.5. The van der Waals surface area contributed by atoms with Crippen LogP contribution < -0.4 is 10.6 Å². The molecular weight excluding hydrogens is 510 g/mol. The number of morpholine rings is 2. The summed E-state index contributed by atoms with van der Waals surface area (Å²) in [5.74, 6) is 0.831. The smallest absolute Gasteiger partial charge is 0.253 e. The highest BCUT2D eigenvalue weighted by Crippen LogP contribution is 2.30. The number of fused-ring (bicyclic) bond motifs is 1. The Morgan fingerprint density at radius 3 is 2.33 bits per heavy atom. The van der Waals surface area contributed by atoms with Crippen LogP contribution >= 0.6 is 0 Å². The average molecular weight is 544 g/mol. The average Bonchev–Trinajstić information content (AvgIpc) is 3.45. The molecule has 12 heteroatoms. The SMILES string of the molecule is CN(CCN1CCOCC1)C(=O)c1ccc(-n2ccc3c(-c4cnc(N)nc4)nc(N4CCOCC4)nc32)cc1. The van der Waals surface area contributed by atoms with Crippen molar-refractivity contribution in [3.63, 3.8) is 0 Å². The largest absolute Gasteiger partial charge is 0.379 e. The minimum atomic E-state index is -0.000242. The van der Waals surface area contributed by atoms with Crippen LogP contribution in [0.2, 0.25) is 0 Å². The van der Waals surface area contributed by atoms with Gasteiger partial charge in [-0.1, -0.05) is 0 Å². The molecule has 12 nitrogen and oxygen atoms in total. The maximum Gasteiger partial charge on any atom is 0.253 e. The van der Waals surface area contributed by atoms with Gasteiger partial charge in [-0.3, -0.25) is 9.69 Å². The Morgan fingerprint density at radius 2 is 1.62 bits per heavy atom. The Hall–Kier alpha value is -4.13. The van der Waals surface area contributed by atoms with Gasteiger partial charge in [-0.15, -0.1) is 0 Å². The highest BCUT2D eigenvalue weighted by molar-refractivity contribution is 5.95. The summed E-state index contributed by atoms with van der Waals surface area (Å²) in [6.45, 7) is 7.49. The van der Waals surface area contributed by atoms with Crippen LogP contribution in [0, 0.1) is 0 Å². The third-order valence-corrected chi connectivity index (χ3v) is 7.37. The van der Waals surface area contributed by atoms with E-state index in [0.717, 1.165) is 60.8 Å². The molecule has 4 aromatic rings. The summed E-state index contributed by atoms with van der Waals surface area (Å²) in [6.07, 6.45) is 5.33. The van der Waals surface area contributed by atoms with Crippen LogP contribution in [-0.4, -0.2) is 113 Å². The van der Waals surface area contributed by atoms with Crippen LogP contribution in [0.3, 0.4) is 0 Å². The van der Waals surface area contributed by atoms with Gasteiger partial charge in [0.05, 0.1) is 32.1 Å². The molecule has 40 heavy (non-hydrogen) atoms. The maximum atomic E-state index is 13.1. The molecule has 2 aliphatic heterocycles. The van der Waals surface area contributed by atoms with Gasteiger partial charge in [0.2, 0.25) is 11.9 Å². The molecule has 0 aliphatic carbocycles. The molecular formula is C28H33N9O3.